The molecular formula is C28H27N3O4. The van der Waals surface area contributed by atoms with Crippen molar-refractivity contribution in [1.29, 1.82) is 0 Å². The van der Waals surface area contributed by atoms with Gasteiger partial charge in [0.25, 0.3) is 5.91 Å². The summed E-state index contributed by atoms with van der Waals surface area (Å²) in [6, 6.07) is 14.3. The van der Waals surface area contributed by atoms with E-state index in [1.54, 1.807) is 48.7 Å². The molecule has 0 bridgehead atoms. The number of anilines is 1. The van der Waals surface area contributed by atoms with Crippen LogP contribution < -0.4 is 10.1 Å². The van der Waals surface area contributed by atoms with Crippen molar-refractivity contribution in [3.05, 3.63) is 82.7 Å². The maximum absolute atomic E-state index is 12.6. The van der Waals surface area contributed by atoms with Crippen LogP contribution >= 0.6 is 0 Å². The number of carbonyl (C=O) groups excluding carboxylic acids is 2. The van der Waals surface area contributed by atoms with E-state index in [1.165, 1.54) is 0 Å². The van der Waals surface area contributed by atoms with E-state index in [4.69, 9.17) is 4.74 Å². The minimum Gasteiger partial charge on any atom is -0.494 e. The highest BCUT2D eigenvalue weighted by Crippen LogP contribution is 2.35. The van der Waals surface area contributed by atoms with E-state index in [0.717, 1.165) is 25.0 Å². The van der Waals surface area contributed by atoms with Gasteiger partial charge in [-0.2, -0.15) is 0 Å². The highest BCUT2D eigenvalue weighted by atomic mass is 16.5. The van der Waals surface area contributed by atoms with Crippen LogP contribution in [0.3, 0.4) is 0 Å². The minimum atomic E-state index is -1.00. The van der Waals surface area contributed by atoms with Gasteiger partial charge in [-0.1, -0.05) is 30.0 Å². The summed E-state index contributed by atoms with van der Waals surface area (Å²) < 4.78 is 5.74. The third kappa shape index (κ3) is 5.69. The Balaban J connectivity index is 1.52. The number of H-pyrrole nitrogens is 1. The van der Waals surface area contributed by atoms with Crippen LogP contribution in [0.5, 0.6) is 5.75 Å². The zero-order chi connectivity index (χ0) is 24.8. The maximum Gasteiger partial charge on any atom is 0.256 e. The lowest BCUT2D eigenvalue weighted by Crippen LogP contribution is -2.15. The first-order chi connectivity index (χ1) is 17.0. The van der Waals surface area contributed by atoms with Crippen LogP contribution in [-0.2, 0) is 4.79 Å². The Labute approximate surface area is 204 Å². The lowest BCUT2D eigenvalue weighted by Gasteiger charge is -2.11. The van der Waals surface area contributed by atoms with Gasteiger partial charge in [-0.25, -0.2) is 0 Å². The van der Waals surface area contributed by atoms with Gasteiger partial charge < -0.3 is 25.0 Å². The predicted octanol–water partition coefficient (Wildman–Crippen LogP) is 3.74. The van der Waals surface area contributed by atoms with Gasteiger partial charge in [-0.05, 0) is 62.5 Å². The fourth-order valence-corrected chi connectivity index (χ4v) is 3.80. The number of amides is 1. The van der Waals surface area contributed by atoms with Gasteiger partial charge in [0.1, 0.15) is 11.9 Å². The average molecular weight is 470 g/mol. The number of hydrogen-bond donors (Lipinski definition) is 3. The SMILES string of the molecule is CN(C)CCCOc1ccc(C(O)C#Cc2cccc3c2/C(=C/c2[nH]ccc2C=O)C(=O)N3)cc1. The molecule has 7 nitrogen and oxygen atoms in total. The van der Waals surface area contributed by atoms with Gasteiger partial charge in [0.15, 0.2) is 6.29 Å². The first kappa shape index (κ1) is 24.0. The fraction of sp³-hybridized carbons (Fsp3) is 0.214. The Morgan fingerprint density at radius 3 is 2.69 bits per heavy atom. The molecule has 1 aromatic heterocycles. The van der Waals surface area contributed by atoms with Crippen molar-refractivity contribution >= 4 is 29.5 Å². The molecule has 0 saturated carbocycles. The van der Waals surface area contributed by atoms with Crippen LogP contribution in [0, 0.1) is 11.8 Å². The monoisotopic (exact) mass is 469 g/mol. The van der Waals surface area contributed by atoms with Crippen LogP contribution in [0.2, 0.25) is 0 Å². The average Bonchev–Trinajstić information content (AvgIpc) is 3.44. The summed E-state index contributed by atoms with van der Waals surface area (Å²) in [4.78, 5) is 29.0. The van der Waals surface area contributed by atoms with Crippen molar-refractivity contribution in [2.45, 2.75) is 12.5 Å². The van der Waals surface area contributed by atoms with Crippen LogP contribution in [-0.4, -0.2) is 54.4 Å². The Hall–Kier alpha value is -4.12. The summed E-state index contributed by atoms with van der Waals surface area (Å²) in [5, 5.41) is 13.5. The molecule has 178 valence electrons. The number of ether oxygens (including phenoxy) is 1. The van der Waals surface area contributed by atoms with Crippen molar-refractivity contribution in [1.82, 2.24) is 9.88 Å². The van der Waals surface area contributed by atoms with Gasteiger partial charge in [0, 0.05) is 35.1 Å². The molecule has 35 heavy (non-hydrogen) atoms. The van der Waals surface area contributed by atoms with E-state index in [0.29, 0.717) is 45.8 Å². The van der Waals surface area contributed by atoms with Crippen molar-refractivity contribution in [2.75, 3.05) is 32.6 Å². The molecule has 1 unspecified atom stereocenters. The Kier molecular flexibility index (Phi) is 7.46. The summed E-state index contributed by atoms with van der Waals surface area (Å²) in [7, 11) is 4.05. The molecule has 0 radical (unpaired) electrons. The first-order valence-corrected chi connectivity index (χ1v) is 11.3. The second kappa shape index (κ2) is 10.9. The first-order valence-electron chi connectivity index (χ1n) is 11.3. The molecule has 1 aliphatic rings. The van der Waals surface area contributed by atoms with Crippen molar-refractivity contribution < 1.29 is 19.4 Å². The van der Waals surface area contributed by atoms with E-state index in [9.17, 15) is 14.7 Å². The second-order valence-electron chi connectivity index (χ2n) is 8.45. The van der Waals surface area contributed by atoms with Gasteiger partial charge in [-0.3, -0.25) is 9.59 Å². The van der Waals surface area contributed by atoms with Crippen molar-refractivity contribution in [2.24, 2.45) is 0 Å². The quantitative estimate of drug-likeness (QED) is 0.202. The number of aliphatic hydroxyl groups is 1. The molecule has 3 aromatic rings. The number of carbonyl (C=O) groups is 2. The van der Waals surface area contributed by atoms with Crippen LogP contribution in [0.15, 0.2) is 54.7 Å². The molecular weight excluding hydrogens is 442 g/mol. The molecule has 1 atom stereocenters. The summed E-state index contributed by atoms with van der Waals surface area (Å²) in [6.45, 7) is 1.58. The van der Waals surface area contributed by atoms with Crippen molar-refractivity contribution in [3.8, 4) is 17.6 Å². The standard InChI is InChI=1S/C28H27N3O4/c1-31(2)15-4-16-35-22-10-7-19(8-11-22)26(33)12-9-20-5-3-6-24-27(20)23(28(34)30-24)17-25-21(18-32)13-14-29-25/h3,5-8,10-11,13-14,17-18,26,29,33H,4,15-16H2,1-2H3,(H,30,34)/b23-17-. The number of nitrogens with zero attached hydrogens (tertiary/aromatic N) is 1. The van der Waals surface area contributed by atoms with Crippen molar-refractivity contribution in [3.63, 3.8) is 0 Å². The molecule has 0 saturated heterocycles. The van der Waals surface area contributed by atoms with Crippen LogP contribution in [0.1, 0.15) is 45.3 Å². The molecule has 2 heterocycles. The van der Waals surface area contributed by atoms with E-state index < -0.39 is 6.10 Å². The molecule has 2 aromatic carbocycles. The van der Waals surface area contributed by atoms with E-state index in [1.807, 2.05) is 26.2 Å². The highest BCUT2D eigenvalue weighted by Gasteiger charge is 2.26. The zero-order valence-electron chi connectivity index (χ0n) is 19.7. The molecule has 7 heteroatoms. The molecule has 4 rings (SSSR count). The maximum atomic E-state index is 12.6. The number of aromatic nitrogens is 1. The number of aromatic amines is 1. The number of benzene rings is 2. The summed E-state index contributed by atoms with van der Waals surface area (Å²) >= 11 is 0. The molecule has 0 fully saturated rings. The highest BCUT2D eigenvalue weighted by molar-refractivity contribution is 6.35. The van der Waals surface area contributed by atoms with Gasteiger partial charge in [0.05, 0.1) is 17.9 Å². The summed E-state index contributed by atoms with van der Waals surface area (Å²) in [6.07, 6.45) is 3.95. The normalized spacial score (nSPS) is 14.3. The third-order valence-electron chi connectivity index (χ3n) is 5.61. The molecule has 3 N–H and O–H groups in total. The van der Waals surface area contributed by atoms with E-state index >= 15 is 0 Å². The summed E-state index contributed by atoms with van der Waals surface area (Å²) in [5.74, 6) is 6.36. The number of rotatable bonds is 8. The number of hydrogen-bond acceptors (Lipinski definition) is 5. The van der Waals surface area contributed by atoms with Crippen LogP contribution in [0.25, 0.3) is 11.6 Å². The lowest BCUT2D eigenvalue weighted by molar-refractivity contribution is -0.110. The van der Waals surface area contributed by atoms with Gasteiger partial charge >= 0.3 is 0 Å². The molecule has 0 aliphatic carbocycles. The Morgan fingerprint density at radius 1 is 1.14 bits per heavy atom. The van der Waals surface area contributed by atoms with Gasteiger partial charge in [-0.15, -0.1) is 0 Å². The zero-order valence-corrected chi connectivity index (χ0v) is 19.7. The van der Waals surface area contributed by atoms with E-state index in [2.05, 4.69) is 27.0 Å². The number of fused-ring (bicyclic) bond motifs is 1. The Morgan fingerprint density at radius 2 is 1.94 bits per heavy atom. The summed E-state index contributed by atoms with van der Waals surface area (Å²) in [5.41, 5.74) is 3.94. The largest absolute Gasteiger partial charge is 0.494 e. The molecule has 1 aliphatic heterocycles. The fourth-order valence-electron chi connectivity index (χ4n) is 3.80. The predicted molar refractivity (Wildman–Crippen MR) is 136 cm³/mol. The molecule has 1 amide bonds. The second-order valence-corrected chi connectivity index (χ2v) is 8.45. The number of aliphatic hydroxyl groups excluding tert-OH is 1. The topological polar surface area (TPSA) is 94.7 Å². The molecule has 0 spiro atoms. The third-order valence-corrected chi connectivity index (χ3v) is 5.61. The Bertz CT molecular complexity index is 1310. The van der Waals surface area contributed by atoms with Gasteiger partial charge in [0.2, 0.25) is 0 Å². The van der Waals surface area contributed by atoms with Crippen LogP contribution in [0.4, 0.5) is 5.69 Å². The number of nitrogens with one attached hydrogen (secondary N) is 2. The number of aldehydes is 1. The smallest absolute Gasteiger partial charge is 0.256 e. The minimum absolute atomic E-state index is 0.276. The lowest BCUT2D eigenvalue weighted by atomic mass is 9.99. The van der Waals surface area contributed by atoms with E-state index in [-0.39, 0.29) is 5.91 Å².